The molecule has 0 N–H and O–H groups in total. The van der Waals surface area contributed by atoms with Gasteiger partial charge in [0, 0.05) is 24.2 Å². The smallest absolute Gasteiger partial charge is 0.430 e. The Morgan fingerprint density at radius 2 is 2.08 bits per heavy atom. The molecule has 1 aromatic rings. The summed E-state index contributed by atoms with van der Waals surface area (Å²) in [5.41, 5.74) is -0.650. The van der Waals surface area contributed by atoms with Crippen LogP contribution in [0.2, 0.25) is 10.0 Å². The lowest BCUT2D eigenvalue weighted by Gasteiger charge is -2.28. The molecule has 10 heteroatoms. The molecule has 1 heterocycles. The van der Waals surface area contributed by atoms with Crippen LogP contribution in [0.15, 0.2) is 22.9 Å². The molecule has 0 amide bonds. The third-order valence-electron chi connectivity index (χ3n) is 2.90. The molecule has 0 aliphatic carbocycles. The number of alkyl halides is 3. The SMILES string of the molecule is C=NOC(C)OC(=O)C1=Cc2cc(Cl)cc(Cl)c2O[C@@H]1C(F)(F)F. The molecule has 0 bridgehead atoms. The zero-order valence-corrected chi connectivity index (χ0v) is 13.6. The number of ether oxygens (including phenoxy) is 2. The van der Waals surface area contributed by atoms with E-state index in [0.717, 1.165) is 6.08 Å². The van der Waals surface area contributed by atoms with Crippen molar-refractivity contribution in [3.05, 3.63) is 33.3 Å². The second-order valence-electron chi connectivity index (χ2n) is 4.65. The molecule has 0 aromatic heterocycles. The number of fused-ring (bicyclic) bond motifs is 1. The van der Waals surface area contributed by atoms with Gasteiger partial charge in [-0.25, -0.2) is 4.79 Å². The standard InChI is InChI=1S/C14H10Cl2F3NO4/c1-6(24-20-2)22-13(21)9-4-7-3-8(15)5-10(16)11(7)23-12(9)14(17,18)19/h3-6,12H,2H2,1H3/t6?,12-/m0/s1. The van der Waals surface area contributed by atoms with E-state index in [0.29, 0.717) is 0 Å². The summed E-state index contributed by atoms with van der Waals surface area (Å²) in [6.45, 7) is 4.28. The second kappa shape index (κ2) is 6.90. The van der Waals surface area contributed by atoms with E-state index < -0.39 is 30.1 Å². The van der Waals surface area contributed by atoms with Gasteiger partial charge in [-0.15, -0.1) is 0 Å². The number of benzene rings is 1. The lowest BCUT2D eigenvalue weighted by molar-refractivity contribution is -0.194. The average Bonchev–Trinajstić information content (AvgIpc) is 2.44. The Kier molecular flexibility index (Phi) is 5.29. The molecule has 1 aromatic carbocycles. The van der Waals surface area contributed by atoms with Crippen molar-refractivity contribution in [1.82, 2.24) is 0 Å². The third-order valence-corrected chi connectivity index (χ3v) is 3.39. The quantitative estimate of drug-likeness (QED) is 0.338. The predicted octanol–water partition coefficient (Wildman–Crippen LogP) is 4.22. The molecule has 1 unspecified atom stereocenters. The molecule has 0 fully saturated rings. The van der Waals surface area contributed by atoms with E-state index in [1.165, 1.54) is 19.1 Å². The molecule has 0 saturated heterocycles. The molecule has 1 aliphatic heterocycles. The highest BCUT2D eigenvalue weighted by Crippen LogP contribution is 2.42. The topological polar surface area (TPSA) is 57.1 Å². The highest BCUT2D eigenvalue weighted by molar-refractivity contribution is 6.36. The lowest BCUT2D eigenvalue weighted by Crippen LogP contribution is -2.41. The second-order valence-corrected chi connectivity index (χ2v) is 5.50. The molecule has 0 saturated carbocycles. The Labute approximate surface area is 144 Å². The van der Waals surface area contributed by atoms with Gasteiger partial charge >= 0.3 is 12.1 Å². The summed E-state index contributed by atoms with van der Waals surface area (Å²) in [6.07, 6.45) is -7.67. The predicted molar refractivity (Wildman–Crippen MR) is 81.1 cm³/mol. The van der Waals surface area contributed by atoms with Crippen LogP contribution in [0, 0.1) is 0 Å². The van der Waals surface area contributed by atoms with Gasteiger partial charge < -0.3 is 14.3 Å². The van der Waals surface area contributed by atoms with Gasteiger partial charge in [0.1, 0.15) is 5.75 Å². The van der Waals surface area contributed by atoms with Crippen molar-refractivity contribution in [3.8, 4) is 5.75 Å². The van der Waals surface area contributed by atoms with E-state index in [1.54, 1.807) is 0 Å². The van der Waals surface area contributed by atoms with Crippen LogP contribution in [-0.4, -0.2) is 31.3 Å². The minimum Gasteiger partial charge on any atom is -0.474 e. The zero-order valence-electron chi connectivity index (χ0n) is 12.1. The molecule has 5 nitrogen and oxygen atoms in total. The van der Waals surface area contributed by atoms with Gasteiger partial charge in [0.25, 0.3) is 6.29 Å². The molecule has 0 radical (unpaired) electrons. The molecular formula is C14H10Cl2F3NO4. The third kappa shape index (κ3) is 3.93. The summed E-state index contributed by atoms with van der Waals surface area (Å²) < 4.78 is 49.3. The Morgan fingerprint density at radius 1 is 1.42 bits per heavy atom. The molecule has 130 valence electrons. The Balaban J connectivity index is 2.45. The van der Waals surface area contributed by atoms with Crippen molar-refractivity contribution < 1.29 is 32.3 Å². The number of halogens is 5. The largest absolute Gasteiger partial charge is 0.474 e. The summed E-state index contributed by atoms with van der Waals surface area (Å²) in [5.74, 6) is -1.51. The first kappa shape index (κ1) is 18.4. The zero-order chi connectivity index (χ0) is 18.1. The molecule has 2 atom stereocenters. The van der Waals surface area contributed by atoms with E-state index in [4.69, 9.17) is 32.7 Å². The van der Waals surface area contributed by atoms with Gasteiger partial charge in [-0.05, 0) is 18.2 Å². The first-order valence-corrected chi connectivity index (χ1v) is 7.16. The molecular weight excluding hydrogens is 374 g/mol. The van der Waals surface area contributed by atoms with Crippen LogP contribution >= 0.6 is 23.2 Å². The maximum absolute atomic E-state index is 13.2. The number of rotatable bonds is 4. The maximum Gasteiger partial charge on any atom is 0.430 e. The molecule has 1 aliphatic rings. The summed E-state index contributed by atoms with van der Waals surface area (Å²) in [5, 5.41) is 3.09. The Bertz CT molecular complexity index is 706. The fourth-order valence-electron chi connectivity index (χ4n) is 1.99. The van der Waals surface area contributed by atoms with Gasteiger partial charge in [0.05, 0.1) is 10.6 Å². The summed E-state index contributed by atoms with van der Waals surface area (Å²) in [4.78, 5) is 16.6. The van der Waals surface area contributed by atoms with Crippen molar-refractivity contribution in [2.24, 2.45) is 5.16 Å². The first-order valence-electron chi connectivity index (χ1n) is 6.40. The number of carbonyl (C=O) groups is 1. The van der Waals surface area contributed by atoms with Gasteiger partial charge in [-0.1, -0.05) is 28.4 Å². The number of hydrogen-bond donors (Lipinski definition) is 0. The Morgan fingerprint density at radius 3 is 2.67 bits per heavy atom. The summed E-state index contributed by atoms with van der Waals surface area (Å²) in [6, 6.07) is 2.55. The van der Waals surface area contributed by atoms with Gasteiger partial charge in [0.2, 0.25) is 6.10 Å². The number of hydrogen-bond acceptors (Lipinski definition) is 5. The summed E-state index contributed by atoms with van der Waals surface area (Å²) >= 11 is 11.7. The normalized spacial score (nSPS) is 17.9. The average molecular weight is 384 g/mol. The van der Waals surface area contributed by atoms with Crippen LogP contribution < -0.4 is 4.74 Å². The van der Waals surface area contributed by atoms with Crippen LogP contribution in [0.25, 0.3) is 6.08 Å². The highest BCUT2D eigenvalue weighted by atomic mass is 35.5. The monoisotopic (exact) mass is 383 g/mol. The number of carbonyl (C=O) groups excluding carboxylic acids is 1. The van der Waals surface area contributed by atoms with Crippen molar-refractivity contribution in [3.63, 3.8) is 0 Å². The van der Waals surface area contributed by atoms with Crippen molar-refractivity contribution >= 4 is 42.0 Å². The van der Waals surface area contributed by atoms with Gasteiger partial charge in [-0.2, -0.15) is 13.2 Å². The van der Waals surface area contributed by atoms with E-state index in [2.05, 4.69) is 16.7 Å². The molecule has 24 heavy (non-hydrogen) atoms. The van der Waals surface area contributed by atoms with Crippen LogP contribution in [-0.2, 0) is 14.4 Å². The Hall–Kier alpha value is -1.93. The van der Waals surface area contributed by atoms with Crippen LogP contribution in [0.3, 0.4) is 0 Å². The van der Waals surface area contributed by atoms with Crippen molar-refractivity contribution in [1.29, 1.82) is 0 Å². The number of esters is 1. The number of oxime groups is 1. The van der Waals surface area contributed by atoms with E-state index in [1.807, 2.05) is 0 Å². The first-order chi connectivity index (χ1) is 11.1. The molecule has 2 rings (SSSR count). The van der Waals surface area contributed by atoms with Crippen molar-refractivity contribution in [2.45, 2.75) is 25.5 Å². The minimum absolute atomic E-state index is 0.108. The maximum atomic E-state index is 13.2. The van der Waals surface area contributed by atoms with E-state index in [-0.39, 0.29) is 21.4 Å². The fraction of sp³-hybridized carbons (Fsp3) is 0.286. The fourth-order valence-corrected chi connectivity index (χ4v) is 2.54. The molecule has 0 spiro atoms. The van der Waals surface area contributed by atoms with Gasteiger partial charge in [0.15, 0.2) is 0 Å². The minimum atomic E-state index is -4.87. The van der Waals surface area contributed by atoms with Crippen LogP contribution in [0.4, 0.5) is 13.2 Å². The number of nitrogens with zero attached hydrogens (tertiary/aromatic N) is 1. The van der Waals surface area contributed by atoms with Gasteiger partial charge in [-0.3, -0.25) is 0 Å². The van der Waals surface area contributed by atoms with E-state index >= 15 is 0 Å². The van der Waals surface area contributed by atoms with Crippen LogP contribution in [0.1, 0.15) is 12.5 Å². The lowest BCUT2D eigenvalue weighted by atomic mass is 10.0. The summed E-state index contributed by atoms with van der Waals surface area (Å²) in [7, 11) is 0. The van der Waals surface area contributed by atoms with Crippen molar-refractivity contribution in [2.75, 3.05) is 0 Å². The van der Waals surface area contributed by atoms with E-state index in [9.17, 15) is 18.0 Å². The van der Waals surface area contributed by atoms with Crippen LogP contribution in [0.5, 0.6) is 5.75 Å². The highest BCUT2D eigenvalue weighted by Gasteiger charge is 2.49.